The topological polar surface area (TPSA) is 119 Å². The van der Waals surface area contributed by atoms with E-state index in [0.29, 0.717) is 15.8 Å². The molecule has 1 N–H and O–H groups in total. The zero-order chi connectivity index (χ0) is 32.4. The number of alkyl halides is 4. The van der Waals surface area contributed by atoms with E-state index in [4.69, 9.17) is 4.74 Å². The van der Waals surface area contributed by atoms with Crippen molar-refractivity contribution >= 4 is 33.2 Å². The van der Waals surface area contributed by atoms with E-state index in [1.807, 2.05) is 0 Å². The predicted octanol–water partition coefficient (Wildman–Crippen LogP) is 6.92. The van der Waals surface area contributed by atoms with Crippen LogP contribution in [0, 0.1) is 6.92 Å². The van der Waals surface area contributed by atoms with E-state index < -0.39 is 46.2 Å². The minimum absolute atomic E-state index is 0.0536. The van der Waals surface area contributed by atoms with Gasteiger partial charge >= 0.3 is 12.6 Å². The number of amides is 2. The van der Waals surface area contributed by atoms with E-state index >= 15 is 0 Å². The van der Waals surface area contributed by atoms with Crippen LogP contribution in [0.5, 0.6) is 0 Å². The van der Waals surface area contributed by atoms with E-state index in [1.165, 1.54) is 42.9 Å². The van der Waals surface area contributed by atoms with E-state index in [0.717, 1.165) is 6.20 Å². The minimum Gasteiger partial charge on any atom is -0.442 e. The van der Waals surface area contributed by atoms with Crippen molar-refractivity contribution in [1.29, 1.82) is 0 Å². The van der Waals surface area contributed by atoms with Crippen molar-refractivity contribution in [3.8, 4) is 11.1 Å². The number of hydrogen-bond acceptors (Lipinski definition) is 7. The fraction of sp³-hybridized carbons (Fsp3) is 0.448. The summed E-state index contributed by atoms with van der Waals surface area (Å²) in [5.74, 6) is -3.35. The zero-order valence-electron chi connectivity index (χ0n) is 24.9. The number of benzene rings is 1. The maximum absolute atomic E-state index is 14.2. The quantitative estimate of drug-likeness (QED) is 0.291. The van der Waals surface area contributed by atoms with Gasteiger partial charge in [0, 0.05) is 66.3 Å². The number of halogens is 4. The molecule has 1 atom stereocenters. The van der Waals surface area contributed by atoms with Gasteiger partial charge in [0.05, 0.1) is 21.5 Å². The average molecular weight is 639 g/mol. The number of nitrogens with zero attached hydrogens (tertiary/aromatic N) is 5. The van der Waals surface area contributed by atoms with E-state index in [1.54, 1.807) is 32.6 Å². The highest BCUT2D eigenvalue weighted by atomic mass is 32.2. The fourth-order valence-electron chi connectivity index (χ4n) is 4.73. The first-order valence-electron chi connectivity index (χ1n) is 13.8. The molecule has 238 valence electrons. The molecule has 1 aromatic carbocycles. The van der Waals surface area contributed by atoms with Crippen molar-refractivity contribution < 1.29 is 36.1 Å². The number of pyridine rings is 1. The Balaban J connectivity index is 1.73. The van der Waals surface area contributed by atoms with Crippen LogP contribution >= 0.6 is 0 Å². The minimum atomic E-state index is -3.26. The molecule has 44 heavy (non-hydrogen) atoms. The number of nitrogens with one attached hydrogen (secondary N) is 1. The second-order valence-corrected chi connectivity index (χ2v) is 13.8. The van der Waals surface area contributed by atoms with E-state index in [9.17, 15) is 31.4 Å². The molecule has 2 aromatic heterocycles. The Bertz CT molecular complexity index is 1680. The number of ether oxygens (including phenoxy) is 1. The van der Waals surface area contributed by atoms with Crippen molar-refractivity contribution in [3.63, 3.8) is 0 Å². The van der Waals surface area contributed by atoms with Crippen LogP contribution in [0.25, 0.3) is 11.1 Å². The molecule has 0 spiro atoms. The summed E-state index contributed by atoms with van der Waals surface area (Å²) in [6.07, 6.45) is 3.46. The third-order valence-electron chi connectivity index (χ3n) is 6.85. The largest absolute Gasteiger partial charge is 0.442 e. The van der Waals surface area contributed by atoms with E-state index in [2.05, 4.69) is 19.8 Å². The summed E-state index contributed by atoms with van der Waals surface area (Å²) in [4.78, 5) is 32.3. The molecule has 10 nitrogen and oxygen atoms in total. The molecular weight excluding hydrogens is 604 g/mol. The normalized spacial score (nSPS) is 16.6. The van der Waals surface area contributed by atoms with Gasteiger partial charge in [0.25, 0.3) is 5.91 Å². The first-order valence-corrected chi connectivity index (χ1v) is 15.7. The summed E-state index contributed by atoms with van der Waals surface area (Å²) < 4.78 is 77.4. The van der Waals surface area contributed by atoms with Gasteiger partial charge in [-0.3, -0.25) is 4.79 Å². The van der Waals surface area contributed by atoms with Crippen molar-refractivity contribution in [2.45, 2.75) is 69.9 Å². The van der Waals surface area contributed by atoms with Gasteiger partial charge in [0.2, 0.25) is 5.92 Å². The molecule has 0 aliphatic carbocycles. The summed E-state index contributed by atoms with van der Waals surface area (Å²) >= 11 is 0. The molecular formula is C29H34F4N6O4S. The molecule has 3 heterocycles. The van der Waals surface area contributed by atoms with Crippen LogP contribution in [-0.4, -0.2) is 61.8 Å². The van der Waals surface area contributed by atoms with Crippen LogP contribution in [-0.2, 0) is 14.5 Å². The lowest BCUT2D eigenvalue weighted by Gasteiger charge is -2.26. The molecule has 0 bridgehead atoms. The lowest BCUT2D eigenvalue weighted by Crippen LogP contribution is -2.30. The molecule has 1 fully saturated rings. The maximum Gasteiger partial charge on any atom is 0.442 e. The third-order valence-corrected chi connectivity index (χ3v) is 8.47. The van der Waals surface area contributed by atoms with Gasteiger partial charge in [-0.05, 0) is 57.9 Å². The molecule has 1 aliphatic rings. The van der Waals surface area contributed by atoms with Crippen molar-refractivity contribution in [2.24, 2.45) is 4.36 Å². The highest BCUT2D eigenvalue weighted by Crippen LogP contribution is 2.35. The van der Waals surface area contributed by atoms with Crippen LogP contribution in [0.3, 0.4) is 0 Å². The van der Waals surface area contributed by atoms with Crippen LogP contribution in [0.2, 0.25) is 0 Å². The summed E-state index contributed by atoms with van der Waals surface area (Å²) in [5.41, 5.74) is 0.435. The van der Waals surface area contributed by atoms with Crippen LogP contribution in [0.4, 0.5) is 33.9 Å². The van der Waals surface area contributed by atoms with Crippen LogP contribution in [0.15, 0.2) is 52.1 Å². The lowest BCUT2D eigenvalue weighted by atomic mass is 9.99. The Hall–Kier alpha value is -4.01. The molecule has 4 rings (SSSR count). The Morgan fingerprint density at radius 3 is 2.55 bits per heavy atom. The van der Waals surface area contributed by atoms with Crippen LogP contribution < -0.4 is 10.2 Å². The van der Waals surface area contributed by atoms with E-state index in [-0.39, 0.29) is 53.5 Å². The molecule has 0 saturated carbocycles. The first kappa shape index (κ1) is 32.9. The molecule has 0 unspecified atom stereocenters. The summed E-state index contributed by atoms with van der Waals surface area (Å²) in [6, 6.07) is 5.95. The smallest absolute Gasteiger partial charge is 0.442 e. The molecule has 15 heteroatoms. The molecule has 3 aromatic rings. The van der Waals surface area contributed by atoms with Crippen LogP contribution in [0.1, 0.15) is 62.5 Å². The van der Waals surface area contributed by atoms with Gasteiger partial charge in [-0.25, -0.2) is 27.5 Å². The SMILES string of the molecule is Cc1c(-c2cnn(C(F)F)c2)cnc(N2CCCC(F)(F)CC2)c1C(=O)Nc1cccc([S@@](C)(=O)=NC(=O)OC(C)(C)C)c1. The fourth-order valence-corrected chi connectivity index (χ4v) is 5.83. The van der Waals surface area contributed by atoms with Gasteiger partial charge in [-0.15, -0.1) is 4.36 Å². The molecule has 1 saturated heterocycles. The van der Waals surface area contributed by atoms with Crippen molar-refractivity contribution in [1.82, 2.24) is 14.8 Å². The van der Waals surface area contributed by atoms with Crippen molar-refractivity contribution in [2.75, 3.05) is 29.6 Å². The summed E-state index contributed by atoms with van der Waals surface area (Å²) in [7, 11) is -3.26. The van der Waals surface area contributed by atoms with Crippen molar-refractivity contribution in [3.05, 3.63) is 54.0 Å². The van der Waals surface area contributed by atoms with Gasteiger partial charge in [0.1, 0.15) is 11.4 Å². The Labute approximate surface area is 253 Å². The lowest BCUT2D eigenvalue weighted by molar-refractivity contribution is -0.0102. The Morgan fingerprint density at radius 2 is 1.89 bits per heavy atom. The van der Waals surface area contributed by atoms with Gasteiger partial charge in [-0.1, -0.05) is 6.07 Å². The summed E-state index contributed by atoms with van der Waals surface area (Å²) in [6.45, 7) is 3.85. The Kier molecular flexibility index (Phi) is 9.37. The average Bonchev–Trinajstić information content (AvgIpc) is 3.32. The number of hydrogen-bond donors (Lipinski definition) is 1. The highest BCUT2D eigenvalue weighted by molar-refractivity contribution is 7.93. The second-order valence-electron chi connectivity index (χ2n) is 11.5. The Morgan fingerprint density at radius 1 is 1.16 bits per heavy atom. The standard InChI is InChI=1S/C29H34F4N6O4S/c1-18-22(19-15-35-39(17-19)26(30)31)16-34-24(38-12-7-10-29(32,33)11-13-38)23(18)25(40)36-20-8-6-9-21(14-20)44(5,42)37-27(41)43-28(2,3)4/h6,8-9,14-17,26H,7,10-13H2,1-5H3,(H,36,40)/t44-/m1/s1. The van der Waals surface area contributed by atoms with Gasteiger partial charge in [-0.2, -0.15) is 13.9 Å². The van der Waals surface area contributed by atoms with Gasteiger partial charge in [0.15, 0.2) is 0 Å². The van der Waals surface area contributed by atoms with Gasteiger partial charge < -0.3 is 15.0 Å². The maximum atomic E-state index is 14.2. The third kappa shape index (κ3) is 7.92. The second kappa shape index (κ2) is 12.5. The number of carbonyl (C=O) groups excluding carboxylic acids is 2. The monoisotopic (exact) mass is 638 g/mol. The zero-order valence-corrected chi connectivity index (χ0v) is 25.8. The predicted molar refractivity (Wildman–Crippen MR) is 158 cm³/mol. The number of rotatable bonds is 6. The molecule has 2 amide bonds. The first-order chi connectivity index (χ1) is 20.5. The number of anilines is 2. The number of carbonyl (C=O) groups is 2. The summed E-state index contributed by atoms with van der Waals surface area (Å²) in [5, 5.41) is 6.40. The highest BCUT2D eigenvalue weighted by Gasteiger charge is 2.34. The molecule has 0 radical (unpaired) electrons. The number of aromatic nitrogens is 3. The molecule has 1 aliphatic heterocycles.